The first-order valence-corrected chi connectivity index (χ1v) is 10.7. The van der Waals surface area contributed by atoms with Crippen molar-refractivity contribution in [3.8, 4) is 0 Å². The Morgan fingerprint density at radius 3 is 2.67 bits per heavy atom. The van der Waals surface area contributed by atoms with E-state index in [1.807, 2.05) is 42.5 Å². The molecule has 1 fully saturated rings. The van der Waals surface area contributed by atoms with Gasteiger partial charge in [-0.1, -0.05) is 30.3 Å². The second-order valence-corrected chi connectivity index (χ2v) is 8.70. The fourth-order valence-corrected chi connectivity index (χ4v) is 4.83. The Bertz CT molecular complexity index is 1000. The van der Waals surface area contributed by atoms with Crippen molar-refractivity contribution in [3.63, 3.8) is 0 Å². The van der Waals surface area contributed by atoms with Crippen LogP contribution in [0.1, 0.15) is 12.0 Å². The molecule has 9 heteroatoms. The van der Waals surface area contributed by atoms with E-state index in [9.17, 15) is 8.42 Å². The van der Waals surface area contributed by atoms with Gasteiger partial charge in [0, 0.05) is 26.2 Å². The summed E-state index contributed by atoms with van der Waals surface area (Å²) in [6.45, 7) is 2.40. The Hall–Kier alpha value is -2.52. The van der Waals surface area contributed by atoms with Gasteiger partial charge in [-0.3, -0.25) is 0 Å². The lowest BCUT2D eigenvalue weighted by atomic mass is 10.2. The molecule has 0 N–H and O–H groups in total. The van der Waals surface area contributed by atoms with Gasteiger partial charge < -0.3 is 4.90 Å². The average molecular weight is 386 g/mol. The third kappa shape index (κ3) is 4.09. The predicted octanol–water partition coefficient (Wildman–Crippen LogP) is 1.21. The molecular weight excluding hydrogens is 364 g/mol. The minimum Gasteiger partial charge on any atom is -0.354 e. The van der Waals surface area contributed by atoms with Crippen molar-refractivity contribution in [2.75, 3.05) is 36.8 Å². The van der Waals surface area contributed by atoms with Crippen LogP contribution < -0.4 is 4.90 Å². The molecule has 0 amide bonds. The van der Waals surface area contributed by atoms with Crippen LogP contribution in [0.5, 0.6) is 0 Å². The Balaban J connectivity index is 1.41. The third-order valence-corrected chi connectivity index (χ3v) is 6.68. The van der Waals surface area contributed by atoms with Gasteiger partial charge in [-0.2, -0.15) is 4.52 Å². The second-order valence-electron chi connectivity index (χ2n) is 6.62. The Morgan fingerprint density at radius 2 is 1.81 bits per heavy atom. The molecule has 0 bridgehead atoms. The molecule has 142 valence electrons. The maximum atomic E-state index is 12.8. The highest BCUT2D eigenvalue weighted by atomic mass is 32.2. The zero-order valence-corrected chi connectivity index (χ0v) is 15.8. The highest BCUT2D eigenvalue weighted by Crippen LogP contribution is 2.16. The molecule has 0 radical (unpaired) electrons. The van der Waals surface area contributed by atoms with Crippen molar-refractivity contribution in [1.29, 1.82) is 0 Å². The molecular formula is C18H22N6O2S. The second kappa shape index (κ2) is 7.61. The van der Waals surface area contributed by atoms with Crippen LogP contribution in [0.4, 0.5) is 5.82 Å². The number of hydrogen-bond acceptors (Lipinski definition) is 6. The monoisotopic (exact) mass is 386 g/mol. The maximum Gasteiger partial charge on any atom is 0.214 e. The molecule has 1 aliphatic heterocycles. The van der Waals surface area contributed by atoms with Crippen molar-refractivity contribution in [2.24, 2.45) is 0 Å². The maximum absolute atomic E-state index is 12.8. The van der Waals surface area contributed by atoms with E-state index in [0.29, 0.717) is 31.7 Å². The molecule has 0 atom stereocenters. The largest absolute Gasteiger partial charge is 0.354 e. The molecule has 3 heterocycles. The highest BCUT2D eigenvalue weighted by Gasteiger charge is 2.25. The number of anilines is 1. The number of rotatable bonds is 5. The fraction of sp³-hybridized carbons (Fsp3) is 0.389. The van der Waals surface area contributed by atoms with E-state index in [0.717, 1.165) is 24.3 Å². The van der Waals surface area contributed by atoms with Crippen LogP contribution in [0.2, 0.25) is 0 Å². The predicted molar refractivity (Wildman–Crippen MR) is 103 cm³/mol. The van der Waals surface area contributed by atoms with E-state index in [4.69, 9.17) is 0 Å². The number of hydrogen-bond donors (Lipinski definition) is 0. The molecule has 2 aromatic heterocycles. The number of nitrogens with zero attached hydrogens (tertiary/aromatic N) is 6. The van der Waals surface area contributed by atoms with Gasteiger partial charge in [0.2, 0.25) is 10.0 Å². The molecule has 1 saturated heterocycles. The lowest BCUT2D eigenvalue weighted by molar-refractivity contribution is 0.433. The fourth-order valence-electron chi connectivity index (χ4n) is 3.31. The smallest absolute Gasteiger partial charge is 0.214 e. The summed E-state index contributed by atoms with van der Waals surface area (Å²) in [4.78, 5) is 2.12. The highest BCUT2D eigenvalue weighted by molar-refractivity contribution is 7.89. The molecule has 4 rings (SSSR count). The molecule has 0 spiro atoms. The van der Waals surface area contributed by atoms with Crippen molar-refractivity contribution in [2.45, 2.75) is 12.8 Å². The van der Waals surface area contributed by atoms with Gasteiger partial charge in [0.1, 0.15) is 12.1 Å². The van der Waals surface area contributed by atoms with Crippen molar-refractivity contribution in [3.05, 3.63) is 54.4 Å². The van der Waals surface area contributed by atoms with Gasteiger partial charge in [0.25, 0.3) is 0 Å². The van der Waals surface area contributed by atoms with E-state index in [-0.39, 0.29) is 5.75 Å². The van der Waals surface area contributed by atoms with E-state index in [1.165, 1.54) is 0 Å². The average Bonchev–Trinajstić information content (AvgIpc) is 3.01. The number of sulfonamides is 1. The summed E-state index contributed by atoms with van der Waals surface area (Å²) < 4.78 is 28.8. The standard InChI is InChI=1S/C18H22N6O2S/c25-27(26,14-9-16-5-2-1-3-6-16)23-11-4-10-22(12-13-23)18-8-7-17-20-19-15-24(17)21-18/h1-3,5-8,15H,4,9-14H2. The van der Waals surface area contributed by atoms with Crippen LogP contribution in [0.3, 0.4) is 0 Å². The quantitative estimate of drug-likeness (QED) is 0.655. The van der Waals surface area contributed by atoms with Gasteiger partial charge >= 0.3 is 0 Å². The lowest BCUT2D eigenvalue weighted by Gasteiger charge is -2.22. The third-order valence-electron chi connectivity index (χ3n) is 4.81. The molecule has 3 aromatic rings. The van der Waals surface area contributed by atoms with Gasteiger partial charge in [-0.15, -0.1) is 15.3 Å². The lowest BCUT2D eigenvalue weighted by Crippen LogP contribution is -2.37. The molecule has 8 nitrogen and oxygen atoms in total. The van der Waals surface area contributed by atoms with Crippen LogP contribution >= 0.6 is 0 Å². The summed E-state index contributed by atoms with van der Waals surface area (Å²) in [5, 5.41) is 12.3. The van der Waals surface area contributed by atoms with Crippen molar-refractivity contribution in [1.82, 2.24) is 24.1 Å². The van der Waals surface area contributed by atoms with Gasteiger partial charge in [0.05, 0.1) is 5.75 Å². The first-order valence-electron chi connectivity index (χ1n) is 9.06. The summed E-state index contributed by atoms with van der Waals surface area (Å²) in [6, 6.07) is 13.5. The first kappa shape index (κ1) is 17.9. The Kier molecular flexibility index (Phi) is 5.04. The van der Waals surface area contributed by atoms with Crippen molar-refractivity contribution >= 4 is 21.5 Å². The van der Waals surface area contributed by atoms with E-state index >= 15 is 0 Å². The van der Waals surface area contributed by atoms with Crippen LogP contribution in [-0.2, 0) is 16.4 Å². The van der Waals surface area contributed by atoms with Crippen LogP contribution in [0, 0.1) is 0 Å². The molecule has 27 heavy (non-hydrogen) atoms. The summed E-state index contributed by atoms with van der Waals surface area (Å²) in [5.41, 5.74) is 1.74. The molecule has 0 unspecified atom stereocenters. The first-order chi connectivity index (χ1) is 13.1. The topological polar surface area (TPSA) is 83.7 Å². The van der Waals surface area contributed by atoms with E-state index < -0.39 is 10.0 Å². The normalized spacial score (nSPS) is 16.5. The number of fused-ring (bicyclic) bond motifs is 1. The van der Waals surface area contributed by atoms with E-state index in [1.54, 1.807) is 15.1 Å². The summed E-state index contributed by atoms with van der Waals surface area (Å²) in [6.07, 6.45) is 2.87. The van der Waals surface area contributed by atoms with Crippen LogP contribution in [0.15, 0.2) is 48.8 Å². The van der Waals surface area contributed by atoms with Gasteiger partial charge in [-0.05, 0) is 30.5 Å². The molecule has 0 saturated carbocycles. The summed E-state index contributed by atoms with van der Waals surface area (Å²) >= 11 is 0. The minimum atomic E-state index is -3.28. The van der Waals surface area contributed by atoms with Gasteiger partial charge in [0.15, 0.2) is 5.65 Å². The molecule has 1 aliphatic rings. The summed E-state index contributed by atoms with van der Waals surface area (Å²) in [7, 11) is -3.28. The van der Waals surface area contributed by atoms with E-state index in [2.05, 4.69) is 20.2 Å². The minimum absolute atomic E-state index is 0.141. The Morgan fingerprint density at radius 1 is 0.963 bits per heavy atom. The molecule has 0 aliphatic carbocycles. The number of aryl methyl sites for hydroxylation is 1. The van der Waals surface area contributed by atoms with Crippen LogP contribution in [0.25, 0.3) is 5.65 Å². The molecule has 1 aromatic carbocycles. The van der Waals surface area contributed by atoms with Crippen molar-refractivity contribution < 1.29 is 8.42 Å². The number of aromatic nitrogens is 4. The zero-order chi connectivity index (χ0) is 18.7. The Labute approximate surface area is 158 Å². The SMILES string of the molecule is O=S(=O)(CCc1ccccc1)N1CCCN(c2ccc3nncn3n2)CC1. The summed E-state index contributed by atoms with van der Waals surface area (Å²) in [5.74, 6) is 0.952. The number of benzene rings is 1. The zero-order valence-electron chi connectivity index (χ0n) is 15.0. The van der Waals surface area contributed by atoms with Crippen LogP contribution in [-0.4, -0.2) is 64.5 Å². The van der Waals surface area contributed by atoms with Gasteiger partial charge in [-0.25, -0.2) is 12.7 Å².